The molecule has 1 fully saturated rings. The Balaban J connectivity index is 0.00000242. The van der Waals surface area contributed by atoms with Crippen LogP contribution in [-0.4, -0.2) is 50.8 Å². The zero-order valence-corrected chi connectivity index (χ0v) is 14.5. The van der Waals surface area contributed by atoms with Crippen molar-refractivity contribution in [3.05, 3.63) is 35.9 Å². The third kappa shape index (κ3) is 4.93. The van der Waals surface area contributed by atoms with E-state index in [9.17, 15) is 8.42 Å². The molecule has 1 aliphatic heterocycles. The molecule has 2 rings (SSSR count). The number of hydrogen-bond acceptors (Lipinski definition) is 4. The Morgan fingerprint density at radius 1 is 1.32 bits per heavy atom. The van der Waals surface area contributed by atoms with Gasteiger partial charge in [-0.15, -0.1) is 12.4 Å². The first-order valence-corrected chi connectivity index (χ1v) is 8.94. The third-order valence-corrected chi connectivity index (χ3v) is 5.98. The predicted molar refractivity (Wildman–Crippen MR) is 90.8 cm³/mol. The van der Waals surface area contributed by atoms with Crippen LogP contribution < -0.4 is 5.73 Å². The van der Waals surface area contributed by atoms with Crippen molar-refractivity contribution in [1.82, 2.24) is 4.31 Å². The normalized spacial score (nSPS) is 23.0. The molecule has 2 atom stereocenters. The summed E-state index contributed by atoms with van der Waals surface area (Å²) in [4.78, 5) is 0. The number of benzene rings is 1. The van der Waals surface area contributed by atoms with Crippen LogP contribution in [0.3, 0.4) is 0 Å². The van der Waals surface area contributed by atoms with E-state index in [4.69, 9.17) is 10.5 Å². The summed E-state index contributed by atoms with van der Waals surface area (Å²) in [5.41, 5.74) is 6.79. The lowest BCUT2D eigenvalue weighted by Crippen LogP contribution is -2.51. The van der Waals surface area contributed by atoms with Gasteiger partial charge in [0, 0.05) is 26.2 Å². The molecule has 126 valence electrons. The number of nitrogens with two attached hydrogens (primary N) is 1. The van der Waals surface area contributed by atoms with Crippen molar-refractivity contribution in [2.75, 3.05) is 26.0 Å². The van der Waals surface area contributed by atoms with E-state index in [-0.39, 0.29) is 30.3 Å². The van der Waals surface area contributed by atoms with Crippen molar-refractivity contribution < 1.29 is 13.2 Å². The van der Waals surface area contributed by atoms with Crippen molar-refractivity contribution in [3.63, 3.8) is 0 Å². The van der Waals surface area contributed by atoms with Gasteiger partial charge in [0.15, 0.2) is 0 Å². The summed E-state index contributed by atoms with van der Waals surface area (Å²) in [6.45, 7) is 0.835. The summed E-state index contributed by atoms with van der Waals surface area (Å²) in [5, 5.41) is 0. The first-order valence-electron chi connectivity index (χ1n) is 7.33. The average Bonchev–Trinajstić information content (AvgIpc) is 2.53. The second-order valence-electron chi connectivity index (χ2n) is 5.43. The van der Waals surface area contributed by atoms with Gasteiger partial charge >= 0.3 is 0 Å². The standard InChI is InChI=1S/C15H24N2O3S.ClH/c1-20-15-7-9-17(14(11-15)12-16)21(18,19)10-8-13-5-3-2-4-6-13;/h2-6,14-15H,7-12,16H2,1H3;1H. The Kier molecular flexibility index (Phi) is 7.79. The number of methoxy groups -OCH3 is 1. The van der Waals surface area contributed by atoms with Gasteiger partial charge in [-0.05, 0) is 24.8 Å². The van der Waals surface area contributed by atoms with Crippen molar-refractivity contribution in [2.45, 2.75) is 31.4 Å². The molecule has 0 spiro atoms. The third-order valence-electron chi connectivity index (χ3n) is 4.07. The van der Waals surface area contributed by atoms with Gasteiger partial charge in [-0.25, -0.2) is 8.42 Å². The van der Waals surface area contributed by atoms with Gasteiger partial charge in [0.25, 0.3) is 0 Å². The molecule has 1 aromatic carbocycles. The molecule has 0 amide bonds. The van der Waals surface area contributed by atoms with Crippen LogP contribution in [0.15, 0.2) is 30.3 Å². The molecule has 1 aromatic rings. The Morgan fingerprint density at radius 3 is 2.59 bits per heavy atom. The molecular formula is C15H25ClN2O3S. The Hall–Kier alpha value is -0.660. The fourth-order valence-corrected chi connectivity index (χ4v) is 4.53. The van der Waals surface area contributed by atoms with Crippen molar-refractivity contribution in [2.24, 2.45) is 5.73 Å². The summed E-state index contributed by atoms with van der Waals surface area (Å²) < 4.78 is 32.0. The van der Waals surface area contributed by atoms with Gasteiger partial charge in [-0.2, -0.15) is 4.31 Å². The smallest absolute Gasteiger partial charge is 0.214 e. The van der Waals surface area contributed by atoms with Gasteiger partial charge < -0.3 is 10.5 Å². The van der Waals surface area contributed by atoms with Crippen LogP contribution in [0.25, 0.3) is 0 Å². The van der Waals surface area contributed by atoms with E-state index in [2.05, 4.69) is 0 Å². The highest BCUT2D eigenvalue weighted by molar-refractivity contribution is 7.89. The first-order chi connectivity index (χ1) is 10.1. The molecule has 0 radical (unpaired) electrons. The van der Waals surface area contributed by atoms with Crippen molar-refractivity contribution in [1.29, 1.82) is 0 Å². The van der Waals surface area contributed by atoms with Crippen LogP contribution in [-0.2, 0) is 21.2 Å². The molecule has 7 heteroatoms. The lowest BCUT2D eigenvalue weighted by molar-refractivity contribution is 0.0402. The first kappa shape index (κ1) is 19.4. The van der Waals surface area contributed by atoms with Gasteiger partial charge in [-0.1, -0.05) is 30.3 Å². The summed E-state index contributed by atoms with van der Waals surface area (Å²) in [7, 11) is -1.61. The number of sulfonamides is 1. The highest BCUT2D eigenvalue weighted by atomic mass is 35.5. The van der Waals surface area contributed by atoms with Crippen LogP contribution in [0.4, 0.5) is 0 Å². The quantitative estimate of drug-likeness (QED) is 0.843. The van der Waals surface area contributed by atoms with Gasteiger partial charge in [-0.3, -0.25) is 0 Å². The van der Waals surface area contributed by atoms with E-state index in [1.807, 2.05) is 30.3 Å². The maximum absolute atomic E-state index is 12.6. The Bertz CT molecular complexity index is 539. The van der Waals surface area contributed by atoms with Crippen LogP contribution in [0.1, 0.15) is 18.4 Å². The van der Waals surface area contributed by atoms with E-state index in [0.29, 0.717) is 25.9 Å². The average molecular weight is 349 g/mol. The molecule has 2 unspecified atom stereocenters. The SMILES string of the molecule is COC1CCN(S(=O)(=O)CCc2ccccc2)C(CN)C1.Cl. The highest BCUT2D eigenvalue weighted by Crippen LogP contribution is 2.22. The largest absolute Gasteiger partial charge is 0.381 e. The number of ether oxygens (including phenoxy) is 1. The molecule has 2 N–H and O–H groups in total. The van der Waals surface area contributed by atoms with Crippen LogP contribution in [0.5, 0.6) is 0 Å². The van der Waals surface area contributed by atoms with E-state index in [1.54, 1.807) is 11.4 Å². The monoisotopic (exact) mass is 348 g/mol. The molecular weight excluding hydrogens is 324 g/mol. The van der Waals surface area contributed by atoms with Gasteiger partial charge in [0.1, 0.15) is 0 Å². The number of piperidine rings is 1. The van der Waals surface area contributed by atoms with E-state index in [0.717, 1.165) is 12.0 Å². The summed E-state index contributed by atoms with van der Waals surface area (Å²) >= 11 is 0. The zero-order chi connectivity index (χ0) is 15.3. The van der Waals surface area contributed by atoms with E-state index < -0.39 is 10.0 Å². The summed E-state index contributed by atoms with van der Waals surface area (Å²) in [5.74, 6) is 0.130. The zero-order valence-electron chi connectivity index (χ0n) is 12.8. The lowest BCUT2D eigenvalue weighted by atomic mass is 10.0. The molecule has 5 nitrogen and oxygen atoms in total. The molecule has 1 heterocycles. The molecule has 0 bridgehead atoms. The van der Waals surface area contributed by atoms with Crippen LogP contribution in [0.2, 0.25) is 0 Å². The number of rotatable bonds is 6. The van der Waals surface area contributed by atoms with Crippen LogP contribution in [0, 0.1) is 0 Å². The van der Waals surface area contributed by atoms with E-state index in [1.165, 1.54) is 0 Å². The fraction of sp³-hybridized carbons (Fsp3) is 0.600. The topological polar surface area (TPSA) is 72.6 Å². The lowest BCUT2D eigenvalue weighted by Gasteiger charge is -2.37. The second kappa shape index (κ2) is 8.84. The van der Waals surface area contributed by atoms with Gasteiger partial charge in [0.05, 0.1) is 11.9 Å². The van der Waals surface area contributed by atoms with E-state index >= 15 is 0 Å². The van der Waals surface area contributed by atoms with Crippen LogP contribution >= 0.6 is 12.4 Å². The maximum Gasteiger partial charge on any atom is 0.214 e. The van der Waals surface area contributed by atoms with Crippen molar-refractivity contribution in [3.8, 4) is 0 Å². The maximum atomic E-state index is 12.6. The highest BCUT2D eigenvalue weighted by Gasteiger charge is 2.34. The number of aryl methyl sites for hydroxylation is 1. The Labute approximate surface area is 139 Å². The summed E-state index contributed by atoms with van der Waals surface area (Å²) in [6, 6.07) is 9.53. The number of hydrogen-bond donors (Lipinski definition) is 1. The molecule has 1 aliphatic rings. The Morgan fingerprint density at radius 2 is 2.00 bits per heavy atom. The van der Waals surface area contributed by atoms with Gasteiger partial charge in [0.2, 0.25) is 10.0 Å². The minimum atomic E-state index is -3.28. The minimum Gasteiger partial charge on any atom is -0.381 e. The predicted octanol–water partition coefficient (Wildman–Crippen LogP) is 1.42. The van der Waals surface area contributed by atoms with Crippen molar-refractivity contribution >= 4 is 22.4 Å². The summed E-state index contributed by atoms with van der Waals surface area (Å²) in [6.07, 6.45) is 2.05. The molecule has 0 aromatic heterocycles. The number of halogens is 1. The minimum absolute atomic E-state index is 0. The molecule has 0 saturated carbocycles. The fourth-order valence-electron chi connectivity index (χ4n) is 2.80. The molecule has 0 aliphatic carbocycles. The molecule has 22 heavy (non-hydrogen) atoms. The second-order valence-corrected chi connectivity index (χ2v) is 7.48. The number of nitrogens with zero attached hydrogens (tertiary/aromatic N) is 1. The molecule has 1 saturated heterocycles.